The van der Waals surface area contributed by atoms with Gasteiger partial charge in [0.15, 0.2) is 0 Å². The second kappa shape index (κ2) is 4.70. The molecule has 1 heterocycles. The van der Waals surface area contributed by atoms with E-state index in [-0.39, 0.29) is 0 Å². The molecule has 0 unspecified atom stereocenters. The number of aromatic nitrogens is 2. The minimum atomic E-state index is 0.588. The maximum Gasteiger partial charge on any atom is 0.121 e. The molecule has 0 radical (unpaired) electrons. The molecule has 0 aliphatic carbocycles. The number of nitrogen functional groups attached to an aromatic ring is 1. The highest BCUT2D eigenvalue weighted by Crippen LogP contribution is 2.14. The molecule has 0 bridgehead atoms. The van der Waals surface area contributed by atoms with Crippen LogP contribution in [-0.2, 0) is 6.54 Å². The van der Waals surface area contributed by atoms with E-state index in [0.717, 1.165) is 18.0 Å². The number of aryl methyl sites for hydroxylation is 1. The Hall–Kier alpha value is -1.97. The summed E-state index contributed by atoms with van der Waals surface area (Å²) in [4.78, 5) is 0. The summed E-state index contributed by atoms with van der Waals surface area (Å²) in [6.45, 7) is 3.29. The number of benzene rings is 1. The Bertz CT molecular complexity index is 465. The van der Waals surface area contributed by atoms with Crippen molar-refractivity contribution < 1.29 is 4.74 Å². The number of hydrogen-bond acceptors (Lipinski definition) is 3. The van der Waals surface area contributed by atoms with Gasteiger partial charge in [0.1, 0.15) is 12.4 Å². The molecule has 0 saturated carbocycles. The first kappa shape index (κ1) is 10.5. The maximum atomic E-state index is 5.65. The number of rotatable bonds is 4. The Morgan fingerprint density at radius 2 is 2.25 bits per heavy atom. The molecule has 2 aromatic rings. The van der Waals surface area contributed by atoms with Crippen molar-refractivity contribution in [2.45, 2.75) is 13.5 Å². The smallest absolute Gasteiger partial charge is 0.121 e. The van der Waals surface area contributed by atoms with Crippen LogP contribution in [0.25, 0.3) is 0 Å². The predicted octanol–water partition coefficient (Wildman–Crippen LogP) is 1.85. The topological polar surface area (TPSA) is 53.1 Å². The van der Waals surface area contributed by atoms with Crippen molar-refractivity contribution in [2.24, 2.45) is 0 Å². The predicted molar refractivity (Wildman–Crippen MR) is 63.3 cm³/mol. The molecule has 0 fully saturated rings. The van der Waals surface area contributed by atoms with Gasteiger partial charge in [0.25, 0.3) is 0 Å². The first-order valence-electron chi connectivity index (χ1n) is 5.22. The van der Waals surface area contributed by atoms with E-state index in [4.69, 9.17) is 10.5 Å². The Morgan fingerprint density at radius 1 is 1.38 bits per heavy atom. The fourth-order valence-corrected chi connectivity index (χ4v) is 1.45. The summed E-state index contributed by atoms with van der Waals surface area (Å²) < 4.78 is 7.42. The highest BCUT2D eigenvalue weighted by atomic mass is 16.5. The molecule has 0 atom stereocenters. The largest absolute Gasteiger partial charge is 0.492 e. The number of nitrogens with two attached hydrogens (primary N) is 1. The molecule has 0 amide bonds. The number of ether oxygens (including phenoxy) is 1. The Morgan fingerprint density at radius 3 is 2.94 bits per heavy atom. The van der Waals surface area contributed by atoms with Gasteiger partial charge in [-0.25, -0.2) is 0 Å². The standard InChI is InChI=1S/C12H15N3O/c1-10-5-6-15(14-10)7-8-16-12-4-2-3-11(13)9-12/h2-6,9H,7-8,13H2,1H3. The van der Waals surface area contributed by atoms with E-state index >= 15 is 0 Å². The minimum Gasteiger partial charge on any atom is -0.492 e. The van der Waals surface area contributed by atoms with Crippen molar-refractivity contribution in [3.63, 3.8) is 0 Å². The summed E-state index contributed by atoms with van der Waals surface area (Å²) in [5.74, 6) is 0.795. The minimum absolute atomic E-state index is 0.588. The van der Waals surface area contributed by atoms with Gasteiger partial charge in [-0.3, -0.25) is 4.68 Å². The first-order chi connectivity index (χ1) is 7.74. The quantitative estimate of drug-likeness (QED) is 0.795. The van der Waals surface area contributed by atoms with Crippen LogP contribution in [0, 0.1) is 6.92 Å². The van der Waals surface area contributed by atoms with E-state index in [1.807, 2.05) is 48.1 Å². The molecule has 4 nitrogen and oxygen atoms in total. The molecule has 84 valence electrons. The molecule has 1 aromatic carbocycles. The summed E-state index contributed by atoms with van der Waals surface area (Å²) in [6, 6.07) is 9.39. The van der Waals surface area contributed by atoms with Crippen molar-refractivity contribution in [3.8, 4) is 5.75 Å². The molecule has 4 heteroatoms. The first-order valence-corrected chi connectivity index (χ1v) is 5.22. The molecule has 1 aromatic heterocycles. The molecule has 0 spiro atoms. The van der Waals surface area contributed by atoms with E-state index in [2.05, 4.69) is 5.10 Å². The van der Waals surface area contributed by atoms with E-state index < -0.39 is 0 Å². The second-order valence-electron chi connectivity index (χ2n) is 3.64. The van der Waals surface area contributed by atoms with Crippen LogP contribution in [0.3, 0.4) is 0 Å². The maximum absolute atomic E-state index is 5.65. The van der Waals surface area contributed by atoms with Crippen molar-refractivity contribution >= 4 is 5.69 Å². The van der Waals surface area contributed by atoms with Crippen LogP contribution in [0.2, 0.25) is 0 Å². The third-order valence-corrected chi connectivity index (χ3v) is 2.22. The summed E-state index contributed by atoms with van der Waals surface area (Å²) in [7, 11) is 0. The Labute approximate surface area is 94.6 Å². The fraction of sp³-hybridized carbons (Fsp3) is 0.250. The van der Waals surface area contributed by atoms with Crippen LogP contribution < -0.4 is 10.5 Å². The zero-order valence-electron chi connectivity index (χ0n) is 9.26. The van der Waals surface area contributed by atoms with Gasteiger partial charge in [-0.05, 0) is 25.1 Å². The molecular formula is C12H15N3O. The zero-order valence-corrected chi connectivity index (χ0v) is 9.26. The summed E-state index contributed by atoms with van der Waals surface area (Å²) in [5, 5.41) is 4.27. The second-order valence-corrected chi connectivity index (χ2v) is 3.64. The van der Waals surface area contributed by atoms with Crippen molar-refractivity contribution in [3.05, 3.63) is 42.2 Å². The van der Waals surface area contributed by atoms with Gasteiger partial charge in [-0.15, -0.1) is 0 Å². The van der Waals surface area contributed by atoms with Crippen molar-refractivity contribution in [2.75, 3.05) is 12.3 Å². The van der Waals surface area contributed by atoms with E-state index in [1.165, 1.54) is 0 Å². The SMILES string of the molecule is Cc1ccn(CCOc2cccc(N)c2)n1. The summed E-state index contributed by atoms with van der Waals surface area (Å²) in [5.41, 5.74) is 7.38. The lowest BCUT2D eigenvalue weighted by Gasteiger charge is -2.06. The van der Waals surface area contributed by atoms with E-state index in [1.54, 1.807) is 0 Å². The summed E-state index contributed by atoms with van der Waals surface area (Å²) >= 11 is 0. The molecule has 2 N–H and O–H groups in total. The fourth-order valence-electron chi connectivity index (χ4n) is 1.45. The molecule has 16 heavy (non-hydrogen) atoms. The van der Waals surface area contributed by atoms with Gasteiger partial charge in [0.2, 0.25) is 0 Å². The van der Waals surface area contributed by atoms with E-state index in [9.17, 15) is 0 Å². The van der Waals surface area contributed by atoms with Gasteiger partial charge < -0.3 is 10.5 Å². The highest BCUT2D eigenvalue weighted by molar-refractivity contribution is 5.43. The van der Waals surface area contributed by atoms with Crippen molar-refractivity contribution in [1.82, 2.24) is 9.78 Å². The Kier molecular flexibility index (Phi) is 3.10. The van der Waals surface area contributed by atoms with Gasteiger partial charge >= 0.3 is 0 Å². The van der Waals surface area contributed by atoms with Gasteiger partial charge in [0, 0.05) is 18.0 Å². The number of nitrogens with zero attached hydrogens (tertiary/aromatic N) is 2. The van der Waals surface area contributed by atoms with Crippen molar-refractivity contribution in [1.29, 1.82) is 0 Å². The third kappa shape index (κ3) is 2.76. The van der Waals surface area contributed by atoms with Crippen LogP contribution in [0.15, 0.2) is 36.5 Å². The van der Waals surface area contributed by atoms with Gasteiger partial charge in [-0.1, -0.05) is 6.07 Å². The van der Waals surface area contributed by atoms with Crippen LogP contribution >= 0.6 is 0 Å². The average molecular weight is 217 g/mol. The third-order valence-electron chi connectivity index (χ3n) is 2.22. The normalized spacial score (nSPS) is 10.3. The van der Waals surface area contributed by atoms with Crippen LogP contribution in [0.4, 0.5) is 5.69 Å². The Balaban J connectivity index is 1.84. The lowest BCUT2D eigenvalue weighted by Crippen LogP contribution is -2.08. The highest BCUT2D eigenvalue weighted by Gasteiger charge is 1.96. The molecule has 0 aliphatic rings. The van der Waals surface area contributed by atoms with E-state index in [0.29, 0.717) is 12.3 Å². The molecule has 0 saturated heterocycles. The number of hydrogen-bond donors (Lipinski definition) is 1. The average Bonchev–Trinajstić information content (AvgIpc) is 2.64. The molecule has 2 rings (SSSR count). The zero-order chi connectivity index (χ0) is 11.4. The lowest BCUT2D eigenvalue weighted by molar-refractivity contribution is 0.291. The van der Waals surface area contributed by atoms with Crippen LogP contribution in [0.5, 0.6) is 5.75 Å². The van der Waals surface area contributed by atoms with Gasteiger partial charge in [0.05, 0.1) is 12.2 Å². The number of anilines is 1. The van der Waals surface area contributed by atoms with Crippen LogP contribution in [0.1, 0.15) is 5.69 Å². The monoisotopic (exact) mass is 217 g/mol. The molecule has 0 aliphatic heterocycles. The van der Waals surface area contributed by atoms with Crippen LogP contribution in [-0.4, -0.2) is 16.4 Å². The summed E-state index contributed by atoms with van der Waals surface area (Å²) in [6.07, 6.45) is 1.94. The van der Waals surface area contributed by atoms with Gasteiger partial charge in [-0.2, -0.15) is 5.10 Å². The molecular weight excluding hydrogens is 202 g/mol. The lowest BCUT2D eigenvalue weighted by atomic mass is 10.3.